The van der Waals surface area contributed by atoms with E-state index >= 15 is 0 Å². The molecule has 0 aromatic carbocycles. The van der Waals surface area contributed by atoms with Crippen molar-refractivity contribution in [1.29, 1.82) is 0 Å². The van der Waals surface area contributed by atoms with Crippen LogP contribution in [0.1, 0.15) is 32.1 Å². The molecular formula is C11H23NSSi. The number of nitrogens with zero attached hydrogens (tertiary/aromatic N) is 1. The van der Waals surface area contributed by atoms with E-state index in [0.717, 1.165) is 5.25 Å². The molecule has 1 saturated carbocycles. The van der Waals surface area contributed by atoms with Crippen molar-refractivity contribution in [2.45, 2.75) is 57.0 Å². The number of hydrogen-bond donors (Lipinski definition) is 0. The average Bonchev–Trinajstić information content (AvgIpc) is 2.27. The molecule has 1 unspecified atom stereocenters. The molecule has 0 amide bonds. The molecule has 1 aliphatic carbocycles. The zero-order valence-electron chi connectivity index (χ0n) is 9.97. The van der Waals surface area contributed by atoms with Gasteiger partial charge in [0, 0.05) is 18.0 Å². The minimum absolute atomic E-state index is 0.745. The van der Waals surface area contributed by atoms with Crippen molar-refractivity contribution >= 4 is 24.1 Å². The highest BCUT2D eigenvalue weighted by Crippen LogP contribution is 2.32. The quantitative estimate of drug-likeness (QED) is 0.516. The molecule has 1 aliphatic rings. The van der Waals surface area contributed by atoms with Crippen LogP contribution >= 0.6 is 11.2 Å². The minimum atomic E-state index is -0.989. The van der Waals surface area contributed by atoms with Crippen molar-refractivity contribution in [2.24, 2.45) is 4.99 Å². The van der Waals surface area contributed by atoms with Crippen molar-refractivity contribution in [2.75, 3.05) is 7.05 Å². The predicted molar refractivity (Wildman–Crippen MR) is 71.2 cm³/mol. The van der Waals surface area contributed by atoms with E-state index in [0.29, 0.717) is 0 Å². The van der Waals surface area contributed by atoms with Crippen molar-refractivity contribution < 1.29 is 0 Å². The number of rotatable bonds is 2. The summed E-state index contributed by atoms with van der Waals surface area (Å²) in [6, 6.07) is 0. The fourth-order valence-electron chi connectivity index (χ4n) is 1.95. The average molecular weight is 229 g/mol. The Kier molecular flexibility index (Phi) is 4.71. The van der Waals surface area contributed by atoms with Crippen LogP contribution in [0.2, 0.25) is 19.6 Å². The van der Waals surface area contributed by atoms with Crippen LogP contribution in [-0.4, -0.2) is 25.2 Å². The molecule has 82 valence electrons. The van der Waals surface area contributed by atoms with Gasteiger partial charge in [-0.25, -0.2) is 0 Å². The lowest BCUT2D eigenvalue weighted by molar-refractivity contribution is 0.706. The maximum atomic E-state index is 4.49. The second-order valence-corrected chi connectivity index (χ2v) is 14.4. The van der Waals surface area contributed by atoms with E-state index in [2.05, 4.69) is 35.8 Å². The molecule has 1 fully saturated rings. The van der Waals surface area contributed by atoms with Crippen molar-refractivity contribution in [3.8, 4) is 0 Å². The monoisotopic (exact) mass is 229 g/mol. The summed E-state index contributed by atoms with van der Waals surface area (Å²) in [4.78, 5) is 4.49. The molecular weight excluding hydrogens is 206 g/mol. The number of hydrogen-bond acceptors (Lipinski definition) is 2. The third kappa shape index (κ3) is 4.18. The van der Waals surface area contributed by atoms with Gasteiger partial charge >= 0.3 is 0 Å². The SMILES string of the molecule is CN=C1CCCCCC1S[Si](C)(C)C. The van der Waals surface area contributed by atoms with Gasteiger partial charge in [-0.05, 0) is 19.3 Å². The second kappa shape index (κ2) is 5.36. The third-order valence-corrected chi connectivity index (χ3v) is 7.03. The second-order valence-electron chi connectivity index (χ2n) is 5.03. The van der Waals surface area contributed by atoms with Gasteiger partial charge in [-0.3, -0.25) is 4.99 Å². The predicted octanol–water partition coefficient (Wildman–Crippen LogP) is 3.96. The van der Waals surface area contributed by atoms with Gasteiger partial charge in [0.2, 0.25) is 0 Å². The molecule has 0 aromatic heterocycles. The van der Waals surface area contributed by atoms with Crippen LogP contribution in [0.25, 0.3) is 0 Å². The van der Waals surface area contributed by atoms with Gasteiger partial charge in [-0.15, -0.1) is 0 Å². The normalized spacial score (nSPS) is 27.7. The molecule has 0 heterocycles. The van der Waals surface area contributed by atoms with Gasteiger partial charge in [0.25, 0.3) is 0 Å². The maximum Gasteiger partial charge on any atom is 0.109 e. The van der Waals surface area contributed by atoms with Crippen LogP contribution in [0.3, 0.4) is 0 Å². The standard InChI is InChI=1S/C11H23NSSi/c1-12-10-8-6-5-7-9-11(10)13-14(2,3)4/h11H,5-9H2,1-4H3. The van der Waals surface area contributed by atoms with Gasteiger partial charge in [-0.1, -0.05) is 32.5 Å². The van der Waals surface area contributed by atoms with Crippen LogP contribution in [-0.2, 0) is 0 Å². The zero-order valence-corrected chi connectivity index (χ0v) is 11.8. The number of aliphatic imine (C=N–C) groups is 1. The fraction of sp³-hybridized carbons (Fsp3) is 0.909. The van der Waals surface area contributed by atoms with Crippen LogP contribution in [0.15, 0.2) is 4.99 Å². The van der Waals surface area contributed by atoms with Crippen LogP contribution in [0.5, 0.6) is 0 Å². The summed E-state index contributed by atoms with van der Waals surface area (Å²) >= 11 is 2.23. The Hall–Kier alpha value is 0.237. The Labute approximate surface area is 93.4 Å². The van der Waals surface area contributed by atoms with E-state index < -0.39 is 7.22 Å². The highest BCUT2D eigenvalue weighted by atomic mass is 32.4. The molecule has 0 saturated heterocycles. The van der Waals surface area contributed by atoms with E-state index in [1.165, 1.54) is 37.8 Å². The first-order valence-corrected chi connectivity index (χ1v) is 10.8. The molecule has 0 radical (unpaired) electrons. The Morgan fingerprint density at radius 1 is 1.21 bits per heavy atom. The Morgan fingerprint density at radius 3 is 2.50 bits per heavy atom. The molecule has 14 heavy (non-hydrogen) atoms. The molecule has 0 spiro atoms. The van der Waals surface area contributed by atoms with E-state index in [-0.39, 0.29) is 0 Å². The molecule has 1 atom stereocenters. The highest BCUT2D eigenvalue weighted by Gasteiger charge is 2.25. The van der Waals surface area contributed by atoms with Crippen molar-refractivity contribution in [1.82, 2.24) is 0 Å². The first-order chi connectivity index (χ1) is 6.53. The third-order valence-electron chi connectivity index (χ3n) is 2.55. The van der Waals surface area contributed by atoms with Gasteiger partial charge < -0.3 is 0 Å². The maximum absolute atomic E-state index is 4.49. The summed E-state index contributed by atoms with van der Waals surface area (Å²) in [6.45, 7) is 7.32. The largest absolute Gasteiger partial charge is 0.296 e. The smallest absolute Gasteiger partial charge is 0.109 e. The molecule has 1 nitrogen and oxygen atoms in total. The summed E-state index contributed by atoms with van der Waals surface area (Å²) in [5.74, 6) is 0. The first kappa shape index (κ1) is 12.3. The van der Waals surface area contributed by atoms with Crippen LogP contribution in [0.4, 0.5) is 0 Å². The summed E-state index contributed by atoms with van der Waals surface area (Å²) in [5, 5.41) is 0.745. The van der Waals surface area contributed by atoms with E-state index in [4.69, 9.17) is 0 Å². The van der Waals surface area contributed by atoms with E-state index in [1.54, 1.807) is 0 Å². The fourth-order valence-corrected chi connectivity index (χ4v) is 6.77. The van der Waals surface area contributed by atoms with Gasteiger partial charge in [0.05, 0.1) is 0 Å². The summed E-state index contributed by atoms with van der Waals surface area (Å²) < 4.78 is 0. The molecule has 3 heteroatoms. The molecule has 0 aliphatic heterocycles. The van der Waals surface area contributed by atoms with E-state index in [9.17, 15) is 0 Å². The van der Waals surface area contributed by atoms with Crippen LogP contribution < -0.4 is 0 Å². The Morgan fingerprint density at radius 2 is 1.93 bits per heavy atom. The lowest BCUT2D eigenvalue weighted by Gasteiger charge is -2.24. The summed E-state index contributed by atoms with van der Waals surface area (Å²) in [6.07, 6.45) is 6.78. The van der Waals surface area contributed by atoms with Crippen molar-refractivity contribution in [3.63, 3.8) is 0 Å². The molecule has 1 rings (SSSR count). The Bertz CT molecular complexity index is 208. The molecule has 0 bridgehead atoms. The van der Waals surface area contributed by atoms with E-state index in [1.807, 2.05) is 7.05 Å². The Balaban J connectivity index is 2.62. The summed E-state index contributed by atoms with van der Waals surface area (Å²) in [5.41, 5.74) is 1.48. The zero-order chi connectivity index (χ0) is 10.6. The molecule has 0 N–H and O–H groups in total. The van der Waals surface area contributed by atoms with Gasteiger partial charge in [0.15, 0.2) is 0 Å². The topological polar surface area (TPSA) is 12.4 Å². The highest BCUT2D eigenvalue weighted by molar-refractivity contribution is 8.29. The lowest BCUT2D eigenvalue weighted by atomic mass is 10.2. The van der Waals surface area contributed by atoms with Crippen molar-refractivity contribution in [3.05, 3.63) is 0 Å². The lowest BCUT2D eigenvalue weighted by Crippen LogP contribution is -2.25. The van der Waals surface area contributed by atoms with Gasteiger partial charge in [-0.2, -0.15) is 11.2 Å². The minimum Gasteiger partial charge on any atom is -0.296 e. The molecule has 0 aromatic rings. The van der Waals surface area contributed by atoms with Crippen LogP contribution in [0, 0.1) is 0 Å². The van der Waals surface area contributed by atoms with Gasteiger partial charge in [0.1, 0.15) is 7.22 Å². The first-order valence-electron chi connectivity index (χ1n) is 5.66. The summed E-state index contributed by atoms with van der Waals surface area (Å²) in [7, 11) is 0.981.